The molecule has 0 bridgehead atoms. The third-order valence-electron chi connectivity index (χ3n) is 4.48. The maximum absolute atomic E-state index is 12.5. The Morgan fingerprint density at radius 3 is 2.73 bits per heavy atom. The summed E-state index contributed by atoms with van der Waals surface area (Å²) in [5, 5.41) is 16.6. The lowest BCUT2D eigenvalue weighted by Gasteiger charge is -2.35. The maximum Gasteiger partial charge on any atom is 0.246 e. The van der Waals surface area contributed by atoms with Gasteiger partial charge < -0.3 is 24.1 Å². The Balaban J connectivity index is 1.81. The van der Waals surface area contributed by atoms with Crippen molar-refractivity contribution in [1.29, 1.82) is 0 Å². The quantitative estimate of drug-likeness (QED) is 0.808. The van der Waals surface area contributed by atoms with E-state index in [1.807, 2.05) is 0 Å². The van der Waals surface area contributed by atoms with Crippen LogP contribution in [0.5, 0.6) is 5.75 Å². The van der Waals surface area contributed by atoms with Gasteiger partial charge in [-0.05, 0) is 26.7 Å². The van der Waals surface area contributed by atoms with Crippen LogP contribution in [0.4, 0.5) is 0 Å². The molecule has 0 aromatic carbocycles. The van der Waals surface area contributed by atoms with E-state index in [2.05, 4.69) is 15.5 Å². The van der Waals surface area contributed by atoms with Crippen molar-refractivity contribution in [2.75, 3.05) is 13.2 Å². The van der Waals surface area contributed by atoms with E-state index in [0.717, 1.165) is 0 Å². The van der Waals surface area contributed by atoms with Crippen molar-refractivity contribution in [2.24, 2.45) is 0 Å². The van der Waals surface area contributed by atoms with Crippen LogP contribution in [-0.4, -0.2) is 34.4 Å². The van der Waals surface area contributed by atoms with Crippen molar-refractivity contribution < 1.29 is 23.6 Å². The Bertz CT molecular complexity index is 850. The highest BCUT2D eigenvalue weighted by Crippen LogP contribution is 2.41. The molecule has 2 aromatic heterocycles. The Hall–Kier alpha value is -2.68. The number of hydrogen-bond acceptors (Lipinski definition) is 8. The molecular formula is C17H21N3O6. The van der Waals surface area contributed by atoms with Gasteiger partial charge in [0.25, 0.3) is 0 Å². The van der Waals surface area contributed by atoms with Crippen LogP contribution < -0.4 is 10.7 Å². The van der Waals surface area contributed by atoms with Gasteiger partial charge in [0.15, 0.2) is 11.6 Å². The fourth-order valence-corrected chi connectivity index (χ4v) is 3.17. The number of hydrogen-bond donors (Lipinski definition) is 2. The summed E-state index contributed by atoms with van der Waals surface area (Å²) in [5.41, 5.74) is -1.32. The van der Waals surface area contributed by atoms with Gasteiger partial charge in [0.2, 0.25) is 23.0 Å². The number of aromatic nitrogens is 2. The molecule has 1 fully saturated rings. The molecule has 1 amide bonds. The van der Waals surface area contributed by atoms with E-state index >= 15 is 0 Å². The van der Waals surface area contributed by atoms with E-state index < -0.39 is 16.6 Å². The first kappa shape index (κ1) is 18.1. The van der Waals surface area contributed by atoms with Crippen molar-refractivity contribution in [2.45, 2.75) is 45.1 Å². The van der Waals surface area contributed by atoms with Gasteiger partial charge in [-0.2, -0.15) is 4.98 Å². The zero-order valence-electron chi connectivity index (χ0n) is 14.7. The molecule has 3 heterocycles. The molecule has 2 N–H and O–H groups in total. The summed E-state index contributed by atoms with van der Waals surface area (Å²) in [5.74, 6) is 0.609. The van der Waals surface area contributed by atoms with Gasteiger partial charge in [-0.3, -0.25) is 9.59 Å². The van der Waals surface area contributed by atoms with Crippen molar-refractivity contribution in [1.82, 2.24) is 15.5 Å². The number of amides is 1. The Kier molecular flexibility index (Phi) is 5.08. The monoisotopic (exact) mass is 363 g/mol. The topological polar surface area (TPSA) is 128 Å². The molecule has 26 heavy (non-hydrogen) atoms. The van der Waals surface area contributed by atoms with Gasteiger partial charge in [-0.15, -0.1) is 0 Å². The minimum Gasteiger partial charge on any atom is -0.502 e. The summed E-state index contributed by atoms with van der Waals surface area (Å²) < 4.78 is 16.0. The molecule has 9 heteroatoms. The average molecular weight is 363 g/mol. The number of aryl methyl sites for hydroxylation is 2. The van der Waals surface area contributed by atoms with Crippen LogP contribution in [0.2, 0.25) is 0 Å². The molecule has 140 valence electrons. The van der Waals surface area contributed by atoms with E-state index in [4.69, 9.17) is 13.7 Å². The molecule has 0 atom stereocenters. The fraction of sp³-hybridized carbons (Fsp3) is 0.529. The van der Waals surface area contributed by atoms with Crippen molar-refractivity contribution in [3.8, 4) is 5.75 Å². The molecule has 3 rings (SSSR count). The minimum absolute atomic E-state index is 0.0451. The molecule has 0 spiro atoms. The van der Waals surface area contributed by atoms with E-state index in [-0.39, 0.29) is 24.6 Å². The molecule has 1 aliphatic heterocycles. The second-order valence-corrected chi connectivity index (χ2v) is 6.48. The lowest BCUT2D eigenvalue weighted by molar-refractivity contribution is -0.124. The standard InChI is InChI=1S/C17H21N3O6/c1-10-7-12(21)15(23)16(25-10)17(3-5-24-6-4-17)8-13(22)18-9-14-19-11(2)20-26-14/h7,23H,3-6,8-9H2,1-2H3,(H,18,22). The first-order valence-electron chi connectivity index (χ1n) is 8.37. The van der Waals surface area contributed by atoms with Gasteiger partial charge in [-0.1, -0.05) is 5.16 Å². The summed E-state index contributed by atoms with van der Waals surface area (Å²) >= 11 is 0. The van der Waals surface area contributed by atoms with Crippen molar-refractivity contribution >= 4 is 5.91 Å². The predicted octanol–water partition coefficient (Wildman–Crippen LogP) is 1.10. The average Bonchev–Trinajstić information content (AvgIpc) is 3.02. The van der Waals surface area contributed by atoms with Gasteiger partial charge in [0.1, 0.15) is 5.76 Å². The number of carbonyl (C=O) groups is 1. The van der Waals surface area contributed by atoms with Gasteiger partial charge in [0, 0.05) is 31.1 Å². The van der Waals surface area contributed by atoms with Gasteiger partial charge in [0.05, 0.1) is 6.54 Å². The Morgan fingerprint density at radius 2 is 2.08 bits per heavy atom. The molecule has 0 aliphatic carbocycles. The number of nitrogens with zero attached hydrogens (tertiary/aromatic N) is 2. The maximum atomic E-state index is 12.5. The van der Waals surface area contributed by atoms with Gasteiger partial charge >= 0.3 is 0 Å². The predicted molar refractivity (Wildman–Crippen MR) is 88.6 cm³/mol. The van der Waals surface area contributed by atoms with Crippen LogP contribution in [0.3, 0.4) is 0 Å². The van der Waals surface area contributed by atoms with Crippen LogP contribution in [0.15, 0.2) is 19.8 Å². The first-order valence-corrected chi connectivity index (χ1v) is 8.37. The summed E-state index contributed by atoms with van der Waals surface area (Å²) in [6.45, 7) is 4.25. The Labute approximate surface area is 149 Å². The fourth-order valence-electron chi connectivity index (χ4n) is 3.17. The third-order valence-corrected chi connectivity index (χ3v) is 4.48. The molecule has 0 radical (unpaired) electrons. The third kappa shape index (κ3) is 3.77. The molecule has 9 nitrogen and oxygen atoms in total. The molecule has 1 saturated heterocycles. The number of rotatable bonds is 5. The minimum atomic E-state index is -0.803. The highest BCUT2D eigenvalue weighted by Gasteiger charge is 2.42. The van der Waals surface area contributed by atoms with Crippen LogP contribution in [-0.2, 0) is 21.5 Å². The molecular weight excluding hydrogens is 342 g/mol. The SMILES string of the molecule is Cc1noc(CNC(=O)CC2(c3oc(C)cc(=O)c3O)CCOCC2)n1. The normalized spacial score (nSPS) is 16.4. The first-order chi connectivity index (χ1) is 12.4. The highest BCUT2D eigenvalue weighted by atomic mass is 16.5. The zero-order valence-corrected chi connectivity index (χ0v) is 14.7. The van der Waals surface area contributed by atoms with Crippen molar-refractivity contribution in [3.05, 3.63) is 39.5 Å². The van der Waals surface area contributed by atoms with Crippen LogP contribution >= 0.6 is 0 Å². The molecule has 2 aromatic rings. The molecule has 0 saturated carbocycles. The smallest absolute Gasteiger partial charge is 0.246 e. The van der Waals surface area contributed by atoms with Crippen LogP contribution in [0.1, 0.15) is 42.5 Å². The largest absolute Gasteiger partial charge is 0.502 e. The van der Waals surface area contributed by atoms with Crippen LogP contribution in [0, 0.1) is 13.8 Å². The van der Waals surface area contributed by atoms with E-state index in [1.165, 1.54) is 6.07 Å². The zero-order chi connectivity index (χ0) is 18.7. The van der Waals surface area contributed by atoms with Crippen LogP contribution in [0.25, 0.3) is 0 Å². The lowest BCUT2D eigenvalue weighted by Crippen LogP contribution is -2.40. The highest BCUT2D eigenvalue weighted by molar-refractivity contribution is 5.77. The summed E-state index contributed by atoms with van der Waals surface area (Å²) in [7, 11) is 0. The second kappa shape index (κ2) is 7.28. The number of nitrogens with one attached hydrogen (secondary N) is 1. The Morgan fingerprint density at radius 1 is 1.35 bits per heavy atom. The second-order valence-electron chi connectivity index (χ2n) is 6.48. The van der Waals surface area contributed by atoms with E-state index in [1.54, 1.807) is 13.8 Å². The number of aromatic hydroxyl groups is 1. The van der Waals surface area contributed by atoms with Crippen molar-refractivity contribution in [3.63, 3.8) is 0 Å². The molecule has 0 unspecified atom stereocenters. The number of carbonyl (C=O) groups excluding carboxylic acids is 1. The lowest BCUT2D eigenvalue weighted by atomic mass is 9.74. The summed E-state index contributed by atoms with van der Waals surface area (Å²) in [6.07, 6.45) is 0.962. The van der Waals surface area contributed by atoms with Gasteiger partial charge in [-0.25, -0.2) is 0 Å². The number of ether oxygens (including phenoxy) is 1. The summed E-state index contributed by atoms with van der Waals surface area (Å²) in [4.78, 5) is 28.5. The summed E-state index contributed by atoms with van der Waals surface area (Å²) in [6, 6.07) is 1.23. The van der Waals surface area contributed by atoms with E-state index in [0.29, 0.717) is 43.5 Å². The van der Waals surface area contributed by atoms with E-state index in [9.17, 15) is 14.7 Å². The molecule has 1 aliphatic rings.